The molecule has 0 unspecified atom stereocenters. The highest BCUT2D eigenvalue weighted by Crippen LogP contribution is 2.28. The third-order valence-electron chi connectivity index (χ3n) is 2.00. The highest BCUT2D eigenvalue weighted by molar-refractivity contribution is 5.46. The van der Waals surface area contributed by atoms with Gasteiger partial charge in [-0.15, -0.1) is 0 Å². The zero-order valence-electron chi connectivity index (χ0n) is 8.50. The Balaban J connectivity index is 2.19. The zero-order chi connectivity index (χ0) is 12.3. The van der Waals surface area contributed by atoms with Crippen molar-refractivity contribution in [1.82, 2.24) is 5.16 Å². The predicted molar refractivity (Wildman–Crippen MR) is 53.9 cm³/mol. The molecule has 0 saturated heterocycles. The summed E-state index contributed by atoms with van der Waals surface area (Å²) < 4.78 is 22.7. The van der Waals surface area contributed by atoms with E-state index < -0.39 is 10.7 Å². The Labute approximate surface area is 94.8 Å². The highest BCUT2D eigenvalue weighted by atomic mass is 19.1. The summed E-state index contributed by atoms with van der Waals surface area (Å²) in [6, 6.07) is 3.02. The van der Waals surface area contributed by atoms with Crippen molar-refractivity contribution in [3.8, 4) is 5.75 Å². The molecule has 0 N–H and O–H groups in total. The Morgan fingerprint density at radius 2 is 2.35 bits per heavy atom. The van der Waals surface area contributed by atoms with Crippen LogP contribution in [-0.2, 0) is 6.61 Å². The second-order valence-corrected chi connectivity index (χ2v) is 3.19. The lowest BCUT2D eigenvalue weighted by Crippen LogP contribution is -1.98. The van der Waals surface area contributed by atoms with Crippen LogP contribution in [0.15, 0.2) is 35.2 Å². The monoisotopic (exact) mass is 238 g/mol. The number of aromatic nitrogens is 1. The minimum Gasteiger partial charge on any atom is -0.482 e. The summed E-state index contributed by atoms with van der Waals surface area (Å²) in [6.07, 6.45) is 2.75. The smallest absolute Gasteiger partial charge is 0.311 e. The third-order valence-corrected chi connectivity index (χ3v) is 2.00. The number of rotatable bonds is 4. The summed E-state index contributed by atoms with van der Waals surface area (Å²) >= 11 is 0. The maximum atomic E-state index is 12.9. The number of hydrogen-bond donors (Lipinski definition) is 0. The minimum absolute atomic E-state index is 0.0216. The van der Waals surface area contributed by atoms with Gasteiger partial charge in [-0.3, -0.25) is 10.1 Å². The van der Waals surface area contributed by atoms with Gasteiger partial charge in [0, 0.05) is 17.7 Å². The largest absolute Gasteiger partial charge is 0.482 e. The van der Waals surface area contributed by atoms with Gasteiger partial charge in [0.15, 0.2) is 5.75 Å². The van der Waals surface area contributed by atoms with Crippen LogP contribution in [0.2, 0.25) is 0 Å². The van der Waals surface area contributed by atoms with E-state index in [4.69, 9.17) is 4.74 Å². The van der Waals surface area contributed by atoms with Crippen molar-refractivity contribution in [2.45, 2.75) is 6.61 Å². The van der Waals surface area contributed by atoms with Crippen LogP contribution < -0.4 is 4.74 Å². The average molecular weight is 238 g/mol. The van der Waals surface area contributed by atoms with Gasteiger partial charge in [-0.25, -0.2) is 4.39 Å². The Morgan fingerprint density at radius 3 is 3.00 bits per heavy atom. The number of nitro benzene ring substituents is 1. The van der Waals surface area contributed by atoms with Gasteiger partial charge in [0.1, 0.15) is 18.7 Å². The summed E-state index contributed by atoms with van der Waals surface area (Å²) in [4.78, 5) is 10.0. The maximum Gasteiger partial charge on any atom is 0.311 e. The minimum atomic E-state index is -0.637. The standard InChI is InChI=1S/C10H7FN2O4/c11-8-1-2-9(13(14)15)10(3-8)16-5-7-4-12-17-6-7/h1-4,6H,5H2. The lowest BCUT2D eigenvalue weighted by molar-refractivity contribution is -0.386. The van der Waals surface area contributed by atoms with Gasteiger partial charge < -0.3 is 9.26 Å². The molecule has 0 atom stereocenters. The molecule has 1 aromatic heterocycles. The van der Waals surface area contributed by atoms with Crippen LogP contribution in [0.3, 0.4) is 0 Å². The molecule has 1 aromatic carbocycles. The summed E-state index contributed by atoms with van der Waals surface area (Å²) in [5.41, 5.74) is 0.311. The van der Waals surface area contributed by atoms with Crippen molar-refractivity contribution in [3.63, 3.8) is 0 Å². The fourth-order valence-corrected chi connectivity index (χ4v) is 1.21. The van der Waals surface area contributed by atoms with Gasteiger partial charge in [-0.05, 0) is 6.07 Å². The molecule has 2 rings (SSSR count). The molecule has 0 aliphatic carbocycles. The van der Waals surface area contributed by atoms with E-state index in [0.29, 0.717) is 5.56 Å². The van der Waals surface area contributed by atoms with Crippen LogP contribution in [-0.4, -0.2) is 10.1 Å². The van der Waals surface area contributed by atoms with E-state index in [1.54, 1.807) is 0 Å². The van der Waals surface area contributed by atoms with E-state index in [1.165, 1.54) is 12.5 Å². The van der Waals surface area contributed by atoms with Gasteiger partial charge >= 0.3 is 5.69 Å². The molecule has 0 bridgehead atoms. The number of nitrogens with zero attached hydrogens (tertiary/aromatic N) is 2. The van der Waals surface area contributed by atoms with Crippen LogP contribution in [0, 0.1) is 15.9 Å². The normalized spacial score (nSPS) is 10.2. The van der Waals surface area contributed by atoms with Gasteiger partial charge in [0.25, 0.3) is 0 Å². The molecular formula is C10H7FN2O4. The summed E-state index contributed by atoms with van der Waals surface area (Å²) in [5.74, 6) is -0.730. The topological polar surface area (TPSA) is 78.4 Å². The van der Waals surface area contributed by atoms with Crippen LogP contribution in [0.25, 0.3) is 0 Å². The molecule has 0 aliphatic rings. The molecule has 0 saturated carbocycles. The Bertz CT molecular complexity index is 527. The molecule has 7 heteroatoms. The lowest BCUT2D eigenvalue weighted by Gasteiger charge is -2.04. The summed E-state index contributed by atoms with van der Waals surface area (Å²) in [6.45, 7) is 0.0216. The molecule has 2 aromatic rings. The SMILES string of the molecule is O=[N+]([O-])c1ccc(F)cc1OCc1cnoc1. The van der Waals surface area contributed by atoms with Gasteiger partial charge in [-0.2, -0.15) is 0 Å². The molecule has 0 aliphatic heterocycles. The van der Waals surface area contributed by atoms with Crippen molar-refractivity contribution in [2.75, 3.05) is 0 Å². The predicted octanol–water partition coefficient (Wildman–Crippen LogP) is 2.30. The molecule has 0 radical (unpaired) electrons. The number of ether oxygens (including phenoxy) is 1. The number of hydrogen-bond acceptors (Lipinski definition) is 5. The molecule has 6 nitrogen and oxygen atoms in total. The summed E-state index contributed by atoms with van der Waals surface area (Å²) in [5, 5.41) is 14.1. The number of halogens is 1. The number of benzene rings is 1. The van der Waals surface area contributed by atoms with Crippen molar-refractivity contribution >= 4 is 5.69 Å². The lowest BCUT2D eigenvalue weighted by atomic mass is 10.3. The van der Waals surface area contributed by atoms with E-state index in [9.17, 15) is 14.5 Å². The Morgan fingerprint density at radius 1 is 1.53 bits per heavy atom. The number of nitro groups is 1. The fraction of sp³-hybridized carbons (Fsp3) is 0.100. The maximum absolute atomic E-state index is 12.9. The van der Waals surface area contributed by atoms with Crippen LogP contribution >= 0.6 is 0 Å². The van der Waals surface area contributed by atoms with E-state index in [-0.39, 0.29) is 18.0 Å². The van der Waals surface area contributed by atoms with Crippen LogP contribution in [0.1, 0.15) is 5.56 Å². The van der Waals surface area contributed by atoms with Gasteiger partial charge in [-0.1, -0.05) is 5.16 Å². The van der Waals surface area contributed by atoms with Crippen molar-refractivity contribution in [1.29, 1.82) is 0 Å². The first kappa shape index (κ1) is 11.1. The molecule has 0 spiro atoms. The van der Waals surface area contributed by atoms with E-state index in [1.807, 2.05) is 0 Å². The first-order chi connectivity index (χ1) is 8.16. The summed E-state index contributed by atoms with van der Waals surface area (Å²) in [7, 11) is 0. The van der Waals surface area contributed by atoms with Crippen molar-refractivity contribution in [3.05, 3.63) is 52.2 Å². The third kappa shape index (κ3) is 2.57. The molecule has 88 valence electrons. The molecule has 0 amide bonds. The second-order valence-electron chi connectivity index (χ2n) is 3.19. The second kappa shape index (κ2) is 4.60. The molecule has 0 fully saturated rings. The fourth-order valence-electron chi connectivity index (χ4n) is 1.21. The van der Waals surface area contributed by atoms with Crippen molar-refractivity contribution < 1.29 is 18.6 Å². The molecular weight excluding hydrogens is 231 g/mol. The average Bonchev–Trinajstić information content (AvgIpc) is 2.78. The molecule has 1 heterocycles. The van der Waals surface area contributed by atoms with Crippen LogP contribution in [0.4, 0.5) is 10.1 Å². The van der Waals surface area contributed by atoms with Crippen molar-refractivity contribution in [2.24, 2.45) is 0 Å². The quantitative estimate of drug-likeness (QED) is 0.603. The zero-order valence-corrected chi connectivity index (χ0v) is 8.50. The highest BCUT2D eigenvalue weighted by Gasteiger charge is 2.16. The van der Waals surface area contributed by atoms with Gasteiger partial charge in [0.2, 0.25) is 0 Å². The first-order valence-electron chi connectivity index (χ1n) is 4.62. The Hall–Kier alpha value is -2.44. The van der Waals surface area contributed by atoms with Gasteiger partial charge in [0.05, 0.1) is 11.1 Å². The Kier molecular flexibility index (Phi) is 2.99. The van der Waals surface area contributed by atoms with Crippen LogP contribution in [0.5, 0.6) is 5.75 Å². The first-order valence-corrected chi connectivity index (χ1v) is 4.62. The molecule has 17 heavy (non-hydrogen) atoms. The van der Waals surface area contributed by atoms with E-state index in [0.717, 1.165) is 18.2 Å². The van der Waals surface area contributed by atoms with E-state index >= 15 is 0 Å². The van der Waals surface area contributed by atoms with E-state index in [2.05, 4.69) is 9.68 Å².